The van der Waals surface area contributed by atoms with Gasteiger partial charge in [-0.25, -0.2) is 0 Å². The molecule has 1 saturated heterocycles. The fourth-order valence-electron chi connectivity index (χ4n) is 4.17. The number of hydrogen-bond donors (Lipinski definition) is 1. The van der Waals surface area contributed by atoms with Gasteiger partial charge < -0.3 is 9.88 Å². The smallest absolute Gasteiger partial charge is 0.223 e. The van der Waals surface area contributed by atoms with Crippen molar-refractivity contribution in [2.75, 3.05) is 19.6 Å². The van der Waals surface area contributed by atoms with E-state index in [1.54, 1.807) is 0 Å². The molecule has 1 amide bonds. The quantitative estimate of drug-likeness (QED) is 0.635. The van der Waals surface area contributed by atoms with Crippen molar-refractivity contribution in [1.82, 2.24) is 19.8 Å². The van der Waals surface area contributed by atoms with Gasteiger partial charge in [0.1, 0.15) is 0 Å². The lowest BCUT2D eigenvalue weighted by Crippen LogP contribution is -2.61. The van der Waals surface area contributed by atoms with Crippen molar-refractivity contribution in [2.45, 2.75) is 39.3 Å². The van der Waals surface area contributed by atoms with E-state index in [4.69, 9.17) is 0 Å². The summed E-state index contributed by atoms with van der Waals surface area (Å²) in [6, 6.07) is 12.8. The zero-order valence-electron chi connectivity index (χ0n) is 17.3. The van der Waals surface area contributed by atoms with Crippen molar-refractivity contribution in [3.63, 3.8) is 0 Å². The van der Waals surface area contributed by atoms with Crippen LogP contribution in [0.15, 0.2) is 55.0 Å². The Bertz CT molecular complexity index is 944. The van der Waals surface area contributed by atoms with Crippen molar-refractivity contribution in [2.24, 2.45) is 5.92 Å². The molecule has 0 radical (unpaired) electrons. The summed E-state index contributed by atoms with van der Waals surface area (Å²) in [6.45, 7) is 8.10. The summed E-state index contributed by atoms with van der Waals surface area (Å²) in [6.07, 6.45) is 7.15. The van der Waals surface area contributed by atoms with Crippen molar-refractivity contribution in [1.29, 1.82) is 0 Å². The Hall–Kier alpha value is -2.66. The number of benzene rings is 1. The van der Waals surface area contributed by atoms with Crippen LogP contribution >= 0.6 is 0 Å². The Kier molecular flexibility index (Phi) is 5.95. The minimum Gasteiger partial charge on any atom is -0.361 e. The number of H-pyrrole nitrogens is 1. The number of likely N-dealkylation sites (tertiary alicyclic amines) is 1. The number of aromatic amines is 1. The average Bonchev–Trinajstić information content (AvgIpc) is 3.09. The van der Waals surface area contributed by atoms with E-state index in [2.05, 4.69) is 46.9 Å². The second-order valence-electron chi connectivity index (χ2n) is 8.50. The number of nitrogens with one attached hydrogen (secondary N) is 1. The number of rotatable bonds is 8. The fraction of sp³-hybridized carbons (Fsp3) is 0.417. The van der Waals surface area contributed by atoms with E-state index >= 15 is 0 Å². The summed E-state index contributed by atoms with van der Waals surface area (Å²) in [5.41, 5.74) is 3.60. The molecule has 1 aliphatic heterocycles. The molecule has 1 aromatic carbocycles. The topological polar surface area (TPSA) is 52.2 Å². The number of hydrogen-bond acceptors (Lipinski definition) is 3. The summed E-state index contributed by atoms with van der Waals surface area (Å²) < 4.78 is 0. The molecule has 0 saturated carbocycles. The predicted octanol–water partition coefficient (Wildman–Crippen LogP) is 3.86. The Morgan fingerprint density at radius 1 is 1.24 bits per heavy atom. The van der Waals surface area contributed by atoms with Crippen LogP contribution in [0.3, 0.4) is 0 Å². The van der Waals surface area contributed by atoms with E-state index in [1.807, 2.05) is 41.7 Å². The van der Waals surface area contributed by atoms with E-state index in [9.17, 15) is 4.79 Å². The molecule has 0 atom stereocenters. The molecule has 152 valence electrons. The molecule has 1 aliphatic rings. The van der Waals surface area contributed by atoms with Gasteiger partial charge in [0.05, 0.1) is 0 Å². The molecule has 1 N–H and O–H groups in total. The first-order valence-corrected chi connectivity index (χ1v) is 10.6. The van der Waals surface area contributed by atoms with Crippen molar-refractivity contribution in [3.05, 3.63) is 66.1 Å². The normalized spacial score (nSPS) is 14.7. The Morgan fingerprint density at radius 2 is 2.07 bits per heavy atom. The molecule has 0 aliphatic carbocycles. The summed E-state index contributed by atoms with van der Waals surface area (Å²) in [5, 5.41) is 1.22. The molecule has 0 unspecified atom stereocenters. The first kappa shape index (κ1) is 19.6. The molecule has 2 aromatic heterocycles. The highest BCUT2D eigenvalue weighted by Crippen LogP contribution is 2.22. The molecule has 0 spiro atoms. The number of fused-ring (bicyclic) bond motifs is 1. The second kappa shape index (κ2) is 8.78. The van der Waals surface area contributed by atoms with E-state index in [-0.39, 0.29) is 5.91 Å². The number of carbonyl (C=O) groups excluding carboxylic acids is 1. The van der Waals surface area contributed by atoms with Gasteiger partial charge in [0.25, 0.3) is 0 Å². The minimum atomic E-state index is 0.261. The van der Waals surface area contributed by atoms with Crippen LogP contribution in [0.4, 0.5) is 0 Å². The van der Waals surface area contributed by atoms with Gasteiger partial charge in [0.15, 0.2) is 0 Å². The molecule has 29 heavy (non-hydrogen) atoms. The zero-order valence-corrected chi connectivity index (χ0v) is 17.3. The third-order valence-corrected chi connectivity index (χ3v) is 5.72. The predicted molar refractivity (Wildman–Crippen MR) is 116 cm³/mol. The van der Waals surface area contributed by atoms with Gasteiger partial charge in [-0.05, 0) is 35.6 Å². The summed E-state index contributed by atoms with van der Waals surface area (Å²) >= 11 is 0. The van der Waals surface area contributed by atoms with E-state index in [0.717, 1.165) is 38.1 Å². The van der Waals surface area contributed by atoms with Crippen LogP contribution < -0.4 is 0 Å². The van der Waals surface area contributed by atoms with Crippen LogP contribution in [0.25, 0.3) is 10.9 Å². The number of para-hydroxylation sites is 1. The highest BCUT2D eigenvalue weighted by molar-refractivity contribution is 5.84. The van der Waals surface area contributed by atoms with Crippen LogP contribution in [-0.2, 0) is 17.8 Å². The van der Waals surface area contributed by atoms with E-state index < -0.39 is 0 Å². The molecular formula is C24H30N4O. The average molecular weight is 391 g/mol. The summed E-state index contributed by atoms with van der Waals surface area (Å²) in [5.74, 6) is 0.857. The maximum atomic E-state index is 12.7. The summed E-state index contributed by atoms with van der Waals surface area (Å²) in [7, 11) is 0. The lowest BCUT2D eigenvalue weighted by Gasteiger charge is -2.46. The van der Waals surface area contributed by atoms with Gasteiger partial charge in [-0.2, -0.15) is 0 Å². The van der Waals surface area contributed by atoms with Crippen LogP contribution in [0.1, 0.15) is 31.4 Å². The van der Waals surface area contributed by atoms with Gasteiger partial charge in [-0.3, -0.25) is 14.7 Å². The molecule has 1 fully saturated rings. The standard InChI is InChI=1S/C24H30N4O/c1-18(2)14-27(15-19-6-5-11-25-12-19)21-16-28(17-21)24(29)10-9-20-13-26-23-8-4-3-7-22(20)23/h3-8,11-13,18,21,26H,9-10,14-17H2,1-2H3. The van der Waals surface area contributed by atoms with Gasteiger partial charge in [-0.1, -0.05) is 38.1 Å². The number of pyridine rings is 1. The van der Waals surface area contributed by atoms with Crippen molar-refractivity contribution < 1.29 is 4.79 Å². The number of amides is 1. The fourth-order valence-corrected chi connectivity index (χ4v) is 4.17. The third-order valence-electron chi connectivity index (χ3n) is 5.72. The zero-order chi connectivity index (χ0) is 20.2. The van der Waals surface area contributed by atoms with Crippen LogP contribution in [0.2, 0.25) is 0 Å². The number of aromatic nitrogens is 2. The molecule has 5 nitrogen and oxygen atoms in total. The minimum absolute atomic E-state index is 0.261. The molecular weight excluding hydrogens is 360 g/mol. The largest absolute Gasteiger partial charge is 0.361 e. The van der Waals surface area contributed by atoms with Gasteiger partial charge >= 0.3 is 0 Å². The summed E-state index contributed by atoms with van der Waals surface area (Å²) in [4.78, 5) is 24.7. The number of aryl methyl sites for hydroxylation is 1. The van der Waals surface area contributed by atoms with Crippen molar-refractivity contribution in [3.8, 4) is 0 Å². The van der Waals surface area contributed by atoms with E-state index in [0.29, 0.717) is 18.4 Å². The van der Waals surface area contributed by atoms with Gasteiger partial charge in [0.2, 0.25) is 5.91 Å². The Balaban J connectivity index is 1.30. The Labute approximate surface area is 172 Å². The monoisotopic (exact) mass is 390 g/mol. The van der Waals surface area contributed by atoms with Crippen molar-refractivity contribution >= 4 is 16.8 Å². The second-order valence-corrected chi connectivity index (χ2v) is 8.50. The highest BCUT2D eigenvalue weighted by atomic mass is 16.2. The lowest BCUT2D eigenvalue weighted by atomic mass is 10.0. The third kappa shape index (κ3) is 4.67. The maximum absolute atomic E-state index is 12.7. The first-order valence-electron chi connectivity index (χ1n) is 10.6. The Morgan fingerprint density at radius 3 is 2.83 bits per heavy atom. The molecule has 3 heterocycles. The van der Waals surface area contributed by atoms with Gasteiger partial charge in [-0.15, -0.1) is 0 Å². The molecule has 5 heteroatoms. The maximum Gasteiger partial charge on any atom is 0.223 e. The molecule has 3 aromatic rings. The SMILES string of the molecule is CC(C)CN(Cc1cccnc1)C1CN(C(=O)CCc2c[nH]c3ccccc23)C1. The number of nitrogens with zero attached hydrogens (tertiary/aromatic N) is 3. The van der Waals surface area contributed by atoms with Crippen LogP contribution in [-0.4, -0.2) is 51.4 Å². The van der Waals surface area contributed by atoms with Gasteiger partial charge in [0, 0.05) is 68.1 Å². The van der Waals surface area contributed by atoms with Crippen LogP contribution in [0, 0.1) is 5.92 Å². The first-order chi connectivity index (χ1) is 14.1. The highest BCUT2D eigenvalue weighted by Gasteiger charge is 2.34. The lowest BCUT2D eigenvalue weighted by molar-refractivity contribution is -0.139. The molecule has 0 bridgehead atoms. The number of carbonyl (C=O) groups is 1. The van der Waals surface area contributed by atoms with Crippen LogP contribution in [0.5, 0.6) is 0 Å². The van der Waals surface area contributed by atoms with E-state index in [1.165, 1.54) is 16.5 Å². The molecule has 4 rings (SSSR count).